The fourth-order valence-corrected chi connectivity index (χ4v) is 5.59. The minimum absolute atomic E-state index is 0.464. The minimum Gasteiger partial charge on any atom is -0.428 e. The summed E-state index contributed by atoms with van der Waals surface area (Å²) in [5.41, 5.74) is 2.48. The van der Waals surface area contributed by atoms with Crippen LogP contribution in [0.3, 0.4) is 0 Å². The zero-order valence-corrected chi connectivity index (χ0v) is 19.1. The largest absolute Gasteiger partial charge is 0.428 e. The summed E-state index contributed by atoms with van der Waals surface area (Å²) in [4.78, 5) is 24.2. The van der Waals surface area contributed by atoms with E-state index in [9.17, 15) is 14.7 Å². The van der Waals surface area contributed by atoms with Gasteiger partial charge in [-0.15, -0.1) is 0 Å². The SMILES string of the molecule is CC1(c2cn(SI)c3ccc(-c4ccc(C5(O)CCC5)cc4)cc23)OC(=O)NC1=O. The smallest absolute Gasteiger partial charge is 0.415 e. The average Bonchev–Trinajstić information content (AvgIpc) is 3.22. The number of halogens is 1. The molecule has 2 aromatic carbocycles. The number of fused-ring (bicyclic) bond motifs is 1. The molecule has 0 radical (unpaired) electrons. The van der Waals surface area contributed by atoms with Gasteiger partial charge in [0.05, 0.1) is 11.1 Å². The van der Waals surface area contributed by atoms with E-state index >= 15 is 0 Å². The summed E-state index contributed by atoms with van der Waals surface area (Å²) in [6.45, 7) is 1.62. The van der Waals surface area contributed by atoms with Crippen LogP contribution in [-0.2, 0) is 20.7 Å². The lowest BCUT2D eigenvalue weighted by atomic mass is 9.75. The lowest BCUT2D eigenvalue weighted by molar-refractivity contribution is -0.130. The molecule has 30 heavy (non-hydrogen) atoms. The molecule has 2 fully saturated rings. The molecular weight excluding hydrogens is 515 g/mol. The van der Waals surface area contributed by atoms with Crippen molar-refractivity contribution in [3.8, 4) is 11.1 Å². The minimum atomic E-state index is -1.37. The maximum atomic E-state index is 12.5. The number of carbonyl (C=O) groups excluding carboxylic acids is 2. The van der Waals surface area contributed by atoms with Crippen molar-refractivity contribution in [2.75, 3.05) is 0 Å². The van der Waals surface area contributed by atoms with E-state index in [2.05, 4.69) is 26.5 Å². The van der Waals surface area contributed by atoms with Gasteiger partial charge in [0, 0.05) is 47.5 Å². The molecule has 5 rings (SSSR count). The molecule has 8 heteroatoms. The summed E-state index contributed by atoms with van der Waals surface area (Å²) in [7, 11) is 1.48. The fraction of sp³-hybridized carbons (Fsp3) is 0.273. The monoisotopic (exact) mass is 534 g/mol. The van der Waals surface area contributed by atoms with Gasteiger partial charge in [-0.2, -0.15) is 0 Å². The molecule has 1 atom stereocenters. The van der Waals surface area contributed by atoms with Gasteiger partial charge in [-0.3, -0.25) is 14.1 Å². The lowest BCUT2D eigenvalue weighted by Gasteiger charge is -2.37. The Bertz CT molecular complexity index is 1190. The zero-order valence-electron chi connectivity index (χ0n) is 16.1. The van der Waals surface area contributed by atoms with Crippen molar-refractivity contribution in [1.29, 1.82) is 0 Å². The third-order valence-corrected chi connectivity index (χ3v) is 7.96. The lowest BCUT2D eigenvalue weighted by Crippen LogP contribution is -2.33. The van der Waals surface area contributed by atoms with E-state index in [1.807, 2.05) is 52.6 Å². The van der Waals surface area contributed by atoms with Crippen LogP contribution in [-0.4, -0.2) is 21.1 Å². The molecular formula is C22H19IN2O4S. The highest BCUT2D eigenvalue weighted by Crippen LogP contribution is 2.42. The second-order valence-electron chi connectivity index (χ2n) is 8.01. The molecule has 1 aliphatic carbocycles. The molecule has 2 amide bonds. The second kappa shape index (κ2) is 7.00. The first kappa shape index (κ1) is 19.9. The Balaban J connectivity index is 1.60. The molecule has 1 aliphatic heterocycles. The number of nitrogens with one attached hydrogen (secondary N) is 1. The normalized spacial score (nSPS) is 22.6. The number of imide groups is 1. The van der Waals surface area contributed by atoms with Gasteiger partial charge in [0.1, 0.15) is 0 Å². The van der Waals surface area contributed by atoms with E-state index in [0.29, 0.717) is 5.56 Å². The summed E-state index contributed by atoms with van der Waals surface area (Å²) in [6, 6.07) is 14.1. The molecule has 1 unspecified atom stereocenters. The Morgan fingerprint density at radius 3 is 2.40 bits per heavy atom. The molecule has 2 heterocycles. The number of ether oxygens (including phenoxy) is 1. The number of aromatic nitrogens is 1. The Morgan fingerprint density at radius 2 is 1.83 bits per heavy atom. The molecule has 6 nitrogen and oxygen atoms in total. The van der Waals surface area contributed by atoms with Crippen molar-refractivity contribution in [3.63, 3.8) is 0 Å². The number of alkyl carbamates (subject to hydrolysis) is 1. The molecule has 0 spiro atoms. The third kappa shape index (κ3) is 2.96. The molecule has 2 aliphatic rings. The van der Waals surface area contributed by atoms with Crippen LogP contribution in [0.15, 0.2) is 48.7 Å². The number of nitrogens with zero attached hydrogens (tertiary/aromatic N) is 1. The first-order valence-electron chi connectivity index (χ1n) is 9.66. The molecule has 1 saturated carbocycles. The van der Waals surface area contributed by atoms with Gasteiger partial charge >= 0.3 is 6.09 Å². The second-order valence-corrected chi connectivity index (χ2v) is 9.72. The average molecular weight is 534 g/mol. The number of carbonyl (C=O) groups is 2. The summed E-state index contributed by atoms with van der Waals surface area (Å²) in [6.07, 6.45) is 3.79. The van der Waals surface area contributed by atoms with Gasteiger partial charge in [-0.05, 0) is 55.0 Å². The van der Waals surface area contributed by atoms with Crippen LogP contribution in [0.4, 0.5) is 4.79 Å². The van der Waals surface area contributed by atoms with Gasteiger partial charge in [-0.25, -0.2) is 4.79 Å². The van der Waals surface area contributed by atoms with Gasteiger partial charge in [-0.1, -0.05) is 30.3 Å². The van der Waals surface area contributed by atoms with E-state index in [-0.39, 0.29) is 0 Å². The van der Waals surface area contributed by atoms with E-state index in [4.69, 9.17) is 4.74 Å². The van der Waals surface area contributed by atoms with Crippen LogP contribution < -0.4 is 5.32 Å². The summed E-state index contributed by atoms with van der Waals surface area (Å²) >= 11 is 2.18. The molecule has 2 N–H and O–H groups in total. The van der Waals surface area contributed by atoms with Crippen molar-refractivity contribution >= 4 is 53.2 Å². The van der Waals surface area contributed by atoms with Crippen LogP contribution in [0.5, 0.6) is 0 Å². The quantitative estimate of drug-likeness (QED) is 0.461. The Labute approximate surface area is 189 Å². The van der Waals surface area contributed by atoms with Gasteiger partial charge in [0.25, 0.3) is 5.91 Å². The molecule has 3 aromatic rings. The number of benzene rings is 2. The standard InChI is InChI=1S/C22H19IN2O4S/c1-21(19(26)24-20(27)29-21)17-12-25(30-23)18-8-5-14(11-16(17)18)13-3-6-15(7-4-13)22(28)9-2-10-22/h3-8,11-12,28H,2,9-10H2,1H3,(H,24,26,27). The Kier molecular flexibility index (Phi) is 4.64. The third-order valence-electron chi connectivity index (χ3n) is 6.24. The first-order valence-corrected chi connectivity index (χ1v) is 13.0. The summed E-state index contributed by atoms with van der Waals surface area (Å²) in [5, 5.41) is 13.6. The molecule has 1 aromatic heterocycles. The van der Waals surface area contributed by atoms with E-state index in [1.165, 1.54) is 9.12 Å². The Hall–Kier alpha value is -2.04. The van der Waals surface area contributed by atoms with Crippen molar-refractivity contribution in [2.24, 2.45) is 0 Å². The first-order chi connectivity index (χ1) is 14.3. The van der Waals surface area contributed by atoms with Gasteiger partial charge in [0.15, 0.2) is 0 Å². The van der Waals surface area contributed by atoms with Gasteiger partial charge in [0.2, 0.25) is 5.60 Å². The predicted molar refractivity (Wildman–Crippen MR) is 124 cm³/mol. The predicted octanol–water partition coefficient (Wildman–Crippen LogP) is 5.01. The van der Waals surface area contributed by atoms with Gasteiger partial charge < -0.3 is 9.84 Å². The zero-order chi connectivity index (χ0) is 21.1. The Morgan fingerprint density at radius 1 is 1.13 bits per heavy atom. The maximum absolute atomic E-state index is 12.5. The van der Waals surface area contributed by atoms with E-state index in [1.54, 1.807) is 6.92 Å². The van der Waals surface area contributed by atoms with Crippen LogP contribution >= 0.6 is 30.3 Å². The number of hydrogen-bond donors (Lipinski definition) is 2. The highest BCUT2D eigenvalue weighted by atomic mass is 127. The van der Waals surface area contributed by atoms with Crippen molar-refractivity contribution in [2.45, 2.75) is 37.4 Å². The summed E-state index contributed by atoms with van der Waals surface area (Å²) in [5.74, 6) is -0.464. The molecule has 1 saturated heterocycles. The fourth-order valence-electron chi connectivity index (χ4n) is 4.24. The number of amides is 2. The van der Waals surface area contributed by atoms with Crippen LogP contribution in [0, 0.1) is 0 Å². The number of hydrogen-bond acceptors (Lipinski definition) is 5. The topological polar surface area (TPSA) is 80.6 Å². The van der Waals surface area contributed by atoms with E-state index in [0.717, 1.165) is 46.9 Å². The number of aliphatic hydroxyl groups is 1. The van der Waals surface area contributed by atoms with Crippen LogP contribution in [0.2, 0.25) is 0 Å². The maximum Gasteiger partial charge on any atom is 0.415 e. The van der Waals surface area contributed by atoms with Crippen LogP contribution in [0.1, 0.15) is 37.3 Å². The van der Waals surface area contributed by atoms with Crippen LogP contribution in [0.25, 0.3) is 22.0 Å². The molecule has 0 bridgehead atoms. The number of rotatable bonds is 4. The van der Waals surface area contributed by atoms with Crippen molar-refractivity contribution in [1.82, 2.24) is 9.29 Å². The number of cyclic esters (lactones) is 1. The highest BCUT2D eigenvalue weighted by molar-refractivity contribution is 14.2. The van der Waals surface area contributed by atoms with Crippen molar-refractivity contribution < 1.29 is 19.4 Å². The summed E-state index contributed by atoms with van der Waals surface area (Å²) < 4.78 is 7.33. The molecule has 154 valence electrons. The van der Waals surface area contributed by atoms with Crippen molar-refractivity contribution in [3.05, 3.63) is 59.8 Å². The van der Waals surface area contributed by atoms with E-state index < -0.39 is 23.2 Å². The highest BCUT2D eigenvalue weighted by Gasteiger charge is 2.48.